The first-order valence-corrected chi connectivity index (χ1v) is 10.2. The van der Waals surface area contributed by atoms with Gasteiger partial charge in [0.15, 0.2) is 9.84 Å². The topological polar surface area (TPSA) is 81.7 Å². The van der Waals surface area contributed by atoms with Crippen LogP contribution in [0.25, 0.3) is 0 Å². The van der Waals surface area contributed by atoms with E-state index < -0.39 is 33.6 Å². The fourth-order valence-corrected chi connectivity index (χ4v) is 4.41. The van der Waals surface area contributed by atoms with Gasteiger partial charge < -0.3 is 14.8 Å². The van der Waals surface area contributed by atoms with E-state index in [1.807, 2.05) is 0 Å². The van der Waals surface area contributed by atoms with Crippen molar-refractivity contribution in [3.8, 4) is 5.75 Å². The van der Waals surface area contributed by atoms with Crippen LogP contribution in [0.5, 0.6) is 5.75 Å². The van der Waals surface area contributed by atoms with E-state index in [-0.39, 0.29) is 33.6 Å². The van der Waals surface area contributed by atoms with E-state index in [1.165, 1.54) is 25.3 Å². The van der Waals surface area contributed by atoms with Crippen molar-refractivity contribution in [2.45, 2.75) is 11.3 Å². The number of hydrogen-bond donors (Lipinski definition) is 1. The molecule has 10 heteroatoms. The van der Waals surface area contributed by atoms with Gasteiger partial charge in [-0.3, -0.25) is 4.79 Å². The van der Waals surface area contributed by atoms with Crippen LogP contribution in [-0.2, 0) is 14.6 Å². The van der Waals surface area contributed by atoms with E-state index in [9.17, 15) is 26.4 Å². The lowest BCUT2D eigenvalue weighted by molar-refractivity contribution is -0.0204. The summed E-state index contributed by atoms with van der Waals surface area (Å²) in [7, 11) is -2.36. The van der Waals surface area contributed by atoms with Gasteiger partial charge in [-0.1, -0.05) is 0 Å². The number of rotatable bonds is 7. The van der Waals surface area contributed by atoms with Gasteiger partial charge in [-0.2, -0.15) is 0 Å². The maximum absolute atomic E-state index is 13.4. The van der Waals surface area contributed by atoms with E-state index in [0.717, 1.165) is 18.2 Å². The second-order valence-electron chi connectivity index (χ2n) is 6.54. The number of ether oxygens (including phenoxy) is 2. The summed E-state index contributed by atoms with van der Waals surface area (Å²) in [5.74, 6) is -1.99. The summed E-state index contributed by atoms with van der Waals surface area (Å²) in [6.07, 6.45) is -3.05. The molecule has 0 unspecified atom stereocenters. The minimum absolute atomic E-state index is 0.0615. The summed E-state index contributed by atoms with van der Waals surface area (Å²) in [4.78, 5) is 12.6. The van der Waals surface area contributed by atoms with Crippen molar-refractivity contribution in [3.63, 3.8) is 0 Å². The monoisotopic (exact) mass is 429 g/mol. The van der Waals surface area contributed by atoms with Gasteiger partial charge in [0.05, 0.1) is 42.1 Å². The number of hydrogen-bond acceptors (Lipinski definition) is 5. The molecule has 1 fully saturated rings. The van der Waals surface area contributed by atoms with Crippen LogP contribution >= 0.6 is 0 Å². The Kier molecular flexibility index (Phi) is 6.13. The first-order chi connectivity index (χ1) is 13.7. The molecule has 1 heterocycles. The zero-order valence-electron chi connectivity index (χ0n) is 15.3. The molecule has 1 saturated heterocycles. The Hall–Kier alpha value is -2.59. The number of anilines is 1. The summed E-state index contributed by atoms with van der Waals surface area (Å²) in [6, 6.07) is 6.60. The second-order valence-corrected chi connectivity index (χ2v) is 8.57. The van der Waals surface area contributed by atoms with Crippen LogP contribution in [0.15, 0.2) is 41.3 Å². The molecule has 0 bridgehead atoms. The van der Waals surface area contributed by atoms with Crippen LogP contribution in [0.4, 0.5) is 18.9 Å². The molecule has 1 aliphatic heterocycles. The van der Waals surface area contributed by atoms with Gasteiger partial charge >= 0.3 is 0 Å². The van der Waals surface area contributed by atoms with Crippen molar-refractivity contribution in [1.29, 1.82) is 0 Å². The zero-order valence-corrected chi connectivity index (χ0v) is 16.1. The van der Waals surface area contributed by atoms with Gasteiger partial charge in [0.2, 0.25) is 0 Å². The highest BCUT2D eigenvalue weighted by Crippen LogP contribution is 2.28. The third-order valence-corrected chi connectivity index (χ3v) is 6.31. The zero-order chi connectivity index (χ0) is 21.2. The number of nitrogens with one attached hydrogen (secondary N) is 1. The van der Waals surface area contributed by atoms with Crippen molar-refractivity contribution in [2.24, 2.45) is 5.92 Å². The molecular formula is C19H18F3NO5S. The van der Waals surface area contributed by atoms with E-state index in [2.05, 4.69) is 5.32 Å². The first kappa shape index (κ1) is 21.1. The van der Waals surface area contributed by atoms with Gasteiger partial charge in [0, 0.05) is 11.6 Å². The van der Waals surface area contributed by atoms with Crippen molar-refractivity contribution < 1.29 is 35.9 Å². The molecule has 2 aromatic rings. The van der Waals surface area contributed by atoms with Crippen LogP contribution < -0.4 is 10.1 Å². The Morgan fingerprint density at radius 3 is 2.55 bits per heavy atom. The third kappa shape index (κ3) is 4.70. The Morgan fingerprint density at radius 1 is 1.24 bits per heavy atom. The van der Waals surface area contributed by atoms with E-state index >= 15 is 0 Å². The van der Waals surface area contributed by atoms with Crippen LogP contribution in [0.3, 0.4) is 0 Å². The minimum atomic E-state index is -3.66. The molecule has 1 N–H and O–H groups in total. The number of amides is 1. The number of carbonyl (C=O) groups is 1. The maximum Gasteiger partial charge on any atom is 0.266 e. The molecule has 0 saturated carbocycles. The lowest BCUT2D eigenvalue weighted by atomic mass is 10.1. The Bertz CT molecular complexity index is 1020. The highest BCUT2D eigenvalue weighted by Gasteiger charge is 2.28. The molecule has 156 valence electrons. The normalized spacial score (nSPS) is 14.5. The fraction of sp³-hybridized carbons (Fsp3) is 0.316. The second kappa shape index (κ2) is 8.42. The van der Waals surface area contributed by atoms with E-state index in [0.29, 0.717) is 13.2 Å². The molecule has 0 atom stereocenters. The number of sulfone groups is 1. The SMILES string of the molecule is COc1ccc(S(=O)(=O)CC2COC2)cc1C(=O)Nc1ccc(F)c(C(F)F)c1. The molecule has 1 aliphatic rings. The predicted octanol–water partition coefficient (Wildman–Crippen LogP) is 3.44. The number of carbonyl (C=O) groups excluding carboxylic acids is 1. The van der Waals surface area contributed by atoms with E-state index in [4.69, 9.17) is 9.47 Å². The largest absolute Gasteiger partial charge is 0.496 e. The van der Waals surface area contributed by atoms with Crippen LogP contribution in [0, 0.1) is 11.7 Å². The Labute approximate surface area is 165 Å². The van der Waals surface area contributed by atoms with Crippen molar-refractivity contribution in [2.75, 3.05) is 31.4 Å². The van der Waals surface area contributed by atoms with Crippen LogP contribution in [-0.4, -0.2) is 40.4 Å². The molecule has 6 nitrogen and oxygen atoms in total. The summed E-state index contributed by atoms with van der Waals surface area (Å²) >= 11 is 0. The summed E-state index contributed by atoms with van der Waals surface area (Å²) < 4.78 is 74.4. The van der Waals surface area contributed by atoms with E-state index in [1.54, 1.807) is 0 Å². The predicted molar refractivity (Wildman–Crippen MR) is 98.7 cm³/mol. The minimum Gasteiger partial charge on any atom is -0.496 e. The molecule has 0 spiro atoms. The van der Waals surface area contributed by atoms with Crippen molar-refractivity contribution in [1.82, 2.24) is 0 Å². The molecule has 1 amide bonds. The highest BCUT2D eigenvalue weighted by molar-refractivity contribution is 7.91. The smallest absolute Gasteiger partial charge is 0.266 e. The average Bonchev–Trinajstić information content (AvgIpc) is 2.65. The number of alkyl halides is 2. The first-order valence-electron chi connectivity index (χ1n) is 8.58. The average molecular weight is 429 g/mol. The fourth-order valence-electron chi connectivity index (χ4n) is 2.83. The highest BCUT2D eigenvalue weighted by atomic mass is 32.2. The number of methoxy groups -OCH3 is 1. The van der Waals surface area contributed by atoms with Crippen molar-refractivity contribution >= 4 is 21.4 Å². The van der Waals surface area contributed by atoms with Crippen LogP contribution in [0.1, 0.15) is 22.3 Å². The Balaban J connectivity index is 1.88. The summed E-state index contributed by atoms with van der Waals surface area (Å²) in [5, 5.41) is 2.36. The summed E-state index contributed by atoms with van der Waals surface area (Å²) in [6.45, 7) is 0.722. The lowest BCUT2D eigenvalue weighted by Crippen LogP contribution is -2.33. The van der Waals surface area contributed by atoms with Crippen molar-refractivity contribution in [3.05, 3.63) is 53.3 Å². The quantitative estimate of drug-likeness (QED) is 0.729. The Morgan fingerprint density at radius 2 is 1.97 bits per heavy atom. The molecular weight excluding hydrogens is 411 g/mol. The van der Waals surface area contributed by atoms with Gasteiger partial charge in [-0.25, -0.2) is 21.6 Å². The molecule has 0 aromatic heterocycles. The molecule has 2 aromatic carbocycles. The third-order valence-electron chi connectivity index (χ3n) is 4.43. The molecule has 29 heavy (non-hydrogen) atoms. The van der Waals surface area contributed by atoms with Crippen LogP contribution in [0.2, 0.25) is 0 Å². The maximum atomic E-state index is 13.4. The lowest BCUT2D eigenvalue weighted by Gasteiger charge is -2.25. The molecule has 3 rings (SSSR count). The van der Waals surface area contributed by atoms with Gasteiger partial charge in [-0.05, 0) is 36.4 Å². The van der Waals surface area contributed by atoms with Gasteiger partial charge in [0.1, 0.15) is 11.6 Å². The number of halogens is 3. The molecule has 0 aliphatic carbocycles. The van der Waals surface area contributed by atoms with Gasteiger partial charge in [-0.15, -0.1) is 0 Å². The molecule has 0 radical (unpaired) electrons. The standard InChI is InChI=1S/C19H18F3NO5S/c1-27-17-5-3-13(29(25,26)10-11-8-28-9-11)7-15(17)19(24)23-12-2-4-16(20)14(6-12)18(21)22/h2-7,11,18H,8-10H2,1H3,(H,23,24). The summed E-state index contributed by atoms with van der Waals surface area (Å²) in [5.41, 5.74) is -1.01. The van der Waals surface area contributed by atoms with Gasteiger partial charge in [0.25, 0.3) is 12.3 Å². The number of benzene rings is 2.